The highest BCUT2D eigenvalue weighted by atomic mass is 19.3. The highest BCUT2D eigenvalue weighted by molar-refractivity contribution is 6.07. The Morgan fingerprint density at radius 2 is 1.70 bits per heavy atom. The highest BCUT2D eigenvalue weighted by Crippen LogP contribution is 2.30. The zero-order chi connectivity index (χ0) is 19.4. The molecular formula is C19H18F2N2O4. The average molecular weight is 376 g/mol. The minimum absolute atomic E-state index is 0.0257. The van der Waals surface area contributed by atoms with E-state index in [4.69, 9.17) is 4.74 Å². The molecule has 1 saturated heterocycles. The lowest BCUT2D eigenvalue weighted by Crippen LogP contribution is -2.41. The molecule has 3 rings (SSSR count). The number of hydrogen-bond donors (Lipinski definition) is 1. The maximum Gasteiger partial charge on any atom is 0.387 e. The van der Waals surface area contributed by atoms with Crippen LogP contribution < -0.4 is 14.8 Å². The van der Waals surface area contributed by atoms with Crippen LogP contribution in [0, 0.1) is 0 Å². The zero-order valence-electron chi connectivity index (χ0n) is 14.5. The first-order valence-corrected chi connectivity index (χ1v) is 8.27. The molecule has 0 saturated carbocycles. The van der Waals surface area contributed by atoms with Crippen molar-refractivity contribution < 1.29 is 27.8 Å². The number of rotatable bonds is 7. The van der Waals surface area contributed by atoms with E-state index in [1.54, 1.807) is 19.1 Å². The first-order valence-electron chi connectivity index (χ1n) is 8.27. The van der Waals surface area contributed by atoms with Gasteiger partial charge >= 0.3 is 12.6 Å². The van der Waals surface area contributed by atoms with Crippen molar-refractivity contribution in [3.8, 4) is 11.5 Å². The summed E-state index contributed by atoms with van der Waals surface area (Å²) in [6.45, 7) is -1.13. The van der Waals surface area contributed by atoms with Crippen molar-refractivity contribution in [2.24, 2.45) is 0 Å². The predicted octanol–water partition coefficient (Wildman–Crippen LogP) is 3.13. The van der Waals surface area contributed by atoms with Crippen LogP contribution in [0.5, 0.6) is 11.5 Å². The van der Waals surface area contributed by atoms with Crippen LogP contribution in [0.25, 0.3) is 0 Å². The maximum atomic E-state index is 12.8. The van der Waals surface area contributed by atoms with E-state index in [9.17, 15) is 18.4 Å². The Hall–Kier alpha value is -3.16. The topological polar surface area (TPSA) is 67.9 Å². The van der Waals surface area contributed by atoms with Crippen LogP contribution in [0.3, 0.4) is 0 Å². The van der Waals surface area contributed by atoms with Crippen LogP contribution in [-0.4, -0.2) is 36.6 Å². The molecule has 0 radical (unpaired) electrons. The Morgan fingerprint density at radius 3 is 2.33 bits per heavy atom. The van der Waals surface area contributed by atoms with Gasteiger partial charge in [0.15, 0.2) is 0 Å². The van der Waals surface area contributed by atoms with Crippen molar-refractivity contribution in [1.29, 1.82) is 0 Å². The largest absolute Gasteiger partial charge is 0.492 e. The third-order valence-electron chi connectivity index (χ3n) is 4.26. The number of carbonyl (C=O) groups excluding carboxylic acids is 2. The zero-order valence-corrected chi connectivity index (χ0v) is 14.5. The van der Waals surface area contributed by atoms with E-state index < -0.39 is 24.1 Å². The van der Waals surface area contributed by atoms with Crippen molar-refractivity contribution in [2.75, 3.05) is 13.2 Å². The number of alkyl halides is 2. The van der Waals surface area contributed by atoms with Crippen molar-refractivity contribution in [2.45, 2.75) is 19.1 Å². The van der Waals surface area contributed by atoms with Gasteiger partial charge in [0.1, 0.15) is 23.6 Å². The van der Waals surface area contributed by atoms with Crippen molar-refractivity contribution in [3.05, 3.63) is 60.2 Å². The normalized spacial score (nSPS) is 19.3. The Kier molecular flexibility index (Phi) is 5.25. The van der Waals surface area contributed by atoms with Crippen molar-refractivity contribution >= 4 is 11.9 Å². The van der Waals surface area contributed by atoms with Crippen LogP contribution in [0.15, 0.2) is 54.6 Å². The molecule has 0 bridgehead atoms. The lowest BCUT2D eigenvalue weighted by atomic mass is 9.92. The number of urea groups is 1. The highest BCUT2D eigenvalue weighted by Gasteiger charge is 2.48. The molecule has 0 spiro atoms. The molecule has 1 heterocycles. The van der Waals surface area contributed by atoms with E-state index in [1.165, 1.54) is 24.3 Å². The molecule has 1 fully saturated rings. The predicted molar refractivity (Wildman–Crippen MR) is 92.6 cm³/mol. The van der Waals surface area contributed by atoms with Gasteiger partial charge in [-0.15, -0.1) is 0 Å². The summed E-state index contributed by atoms with van der Waals surface area (Å²) in [7, 11) is 0. The second-order valence-corrected chi connectivity index (χ2v) is 6.08. The summed E-state index contributed by atoms with van der Waals surface area (Å²) < 4.78 is 34.3. The Morgan fingerprint density at radius 1 is 1.04 bits per heavy atom. The molecule has 6 nitrogen and oxygen atoms in total. The Balaban J connectivity index is 1.66. The number of carbonyl (C=O) groups is 2. The van der Waals surface area contributed by atoms with E-state index in [2.05, 4.69) is 10.1 Å². The maximum absolute atomic E-state index is 12.8. The van der Waals surface area contributed by atoms with Gasteiger partial charge in [-0.25, -0.2) is 4.79 Å². The van der Waals surface area contributed by atoms with Gasteiger partial charge in [0.05, 0.1) is 6.54 Å². The summed E-state index contributed by atoms with van der Waals surface area (Å²) in [5.41, 5.74) is -0.818. The summed E-state index contributed by atoms with van der Waals surface area (Å²) in [5, 5.41) is 2.65. The molecule has 8 heteroatoms. The Labute approximate surface area is 154 Å². The Bertz CT molecular complexity index is 814. The number of benzene rings is 2. The molecule has 1 atom stereocenters. The average Bonchev–Trinajstić information content (AvgIpc) is 2.86. The molecule has 2 aromatic carbocycles. The lowest BCUT2D eigenvalue weighted by Gasteiger charge is -2.22. The van der Waals surface area contributed by atoms with Gasteiger partial charge < -0.3 is 14.8 Å². The molecule has 2 aromatic rings. The van der Waals surface area contributed by atoms with Gasteiger partial charge in [-0.05, 0) is 36.8 Å². The molecule has 1 N–H and O–H groups in total. The van der Waals surface area contributed by atoms with Crippen molar-refractivity contribution in [3.63, 3.8) is 0 Å². The summed E-state index contributed by atoms with van der Waals surface area (Å²) in [6, 6.07) is 14.1. The minimum Gasteiger partial charge on any atom is -0.492 e. The molecular weight excluding hydrogens is 358 g/mol. The number of halogens is 2. The number of amides is 3. The molecule has 1 aliphatic heterocycles. The summed E-state index contributed by atoms with van der Waals surface area (Å²) in [5.74, 6) is 0.177. The third kappa shape index (κ3) is 3.99. The standard InChI is InChI=1S/C19H18F2N2O4/c1-19(13-7-9-15(10-8-13)27-17(20)21)16(24)23(18(25)22-19)11-12-26-14-5-3-2-4-6-14/h2-10,17H,11-12H2,1H3,(H,22,25)/t19-/m1/s1. The number of para-hydroxylation sites is 1. The van der Waals surface area contributed by atoms with E-state index in [0.717, 1.165) is 4.90 Å². The van der Waals surface area contributed by atoms with Gasteiger partial charge in [0.2, 0.25) is 0 Å². The fourth-order valence-electron chi connectivity index (χ4n) is 2.84. The summed E-state index contributed by atoms with van der Waals surface area (Å²) >= 11 is 0. The fraction of sp³-hybridized carbons (Fsp3) is 0.263. The molecule has 27 heavy (non-hydrogen) atoms. The van der Waals surface area contributed by atoms with Gasteiger partial charge in [-0.3, -0.25) is 9.69 Å². The molecule has 0 aromatic heterocycles. The number of hydrogen-bond acceptors (Lipinski definition) is 4. The minimum atomic E-state index is -2.93. The van der Waals surface area contributed by atoms with Crippen LogP contribution in [0.1, 0.15) is 12.5 Å². The second-order valence-electron chi connectivity index (χ2n) is 6.08. The summed E-state index contributed by atoms with van der Waals surface area (Å²) in [6.07, 6.45) is 0. The van der Waals surface area contributed by atoms with E-state index in [0.29, 0.717) is 11.3 Å². The van der Waals surface area contributed by atoms with Gasteiger partial charge in [-0.1, -0.05) is 30.3 Å². The van der Waals surface area contributed by atoms with Crippen LogP contribution in [0.4, 0.5) is 13.6 Å². The first kappa shape index (κ1) is 18.6. The second kappa shape index (κ2) is 7.61. The number of ether oxygens (including phenoxy) is 2. The first-order chi connectivity index (χ1) is 12.9. The van der Waals surface area contributed by atoms with Crippen LogP contribution >= 0.6 is 0 Å². The number of nitrogens with zero attached hydrogens (tertiary/aromatic N) is 1. The monoisotopic (exact) mass is 376 g/mol. The quantitative estimate of drug-likeness (QED) is 0.754. The number of imide groups is 1. The van der Waals surface area contributed by atoms with Gasteiger partial charge in [0.25, 0.3) is 5.91 Å². The van der Waals surface area contributed by atoms with E-state index in [-0.39, 0.29) is 18.9 Å². The molecule has 3 amide bonds. The lowest BCUT2D eigenvalue weighted by molar-refractivity contribution is -0.131. The van der Waals surface area contributed by atoms with E-state index >= 15 is 0 Å². The smallest absolute Gasteiger partial charge is 0.387 e. The SMILES string of the molecule is C[C@]1(c2ccc(OC(F)F)cc2)NC(=O)N(CCOc2ccccc2)C1=O. The molecule has 0 unspecified atom stereocenters. The van der Waals surface area contributed by atoms with Gasteiger partial charge in [-0.2, -0.15) is 8.78 Å². The fourth-order valence-corrected chi connectivity index (χ4v) is 2.84. The molecule has 0 aliphatic carbocycles. The molecule has 1 aliphatic rings. The summed E-state index contributed by atoms with van der Waals surface area (Å²) in [4.78, 5) is 26.1. The van der Waals surface area contributed by atoms with Gasteiger partial charge in [0, 0.05) is 0 Å². The van der Waals surface area contributed by atoms with Crippen LogP contribution in [-0.2, 0) is 10.3 Å². The van der Waals surface area contributed by atoms with E-state index in [1.807, 2.05) is 18.2 Å². The molecule has 142 valence electrons. The van der Waals surface area contributed by atoms with Crippen molar-refractivity contribution in [1.82, 2.24) is 10.2 Å². The third-order valence-corrected chi connectivity index (χ3v) is 4.26. The van der Waals surface area contributed by atoms with Crippen LogP contribution in [0.2, 0.25) is 0 Å². The number of nitrogens with one attached hydrogen (secondary N) is 1.